The molecule has 0 saturated heterocycles. The molecular formula is C9H11FNNaO4S2. The Labute approximate surface area is 130 Å². The summed E-state index contributed by atoms with van der Waals surface area (Å²) in [6, 6.07) is 2.63. The van der Waals surface area contributed by atoms with E-state index in [0.717, 1.165) is 12.1 Å². The van der Waals surface area contributed by atoms with Crippen LogP contribution in [0.5, 0.6) is 0 Å². The molecule has 1 aromatic carbocycles. The Balaban J connectivity index is 0.00000289. The summed E-state index contributed by atoms with van der Waals surface area (Å²) >= 11 is -2.58. The number of halogens is 1. The van der Waals surface area contributed by atoms with Gasteiger partial charge in [-0.3, -0.25) is 4.21 Å². The Morgan fingerprint density at radius 1 is 1.44 bits per heavy atom. The van der Waals surface area contributed by atoms with E-state index >= 15 is 0 Å². The summed E-state index contributed by atoms with van der Waals surface area (Å²) in [7, 11) is -3.92. The fourth-order valence-electron chi connectivity index (χ4n) is 1.12. The maximum absolute atomic E-state index is 13.4. The summed E-state index contributed by atoms with van der Waals surface area (Å²) in [5.41, 5.74) is 0. The number of rotatable bonds is 5. The van der Waals surface area contributed by atoms with Gasteiger partial charge in [-0.1, -0.05) is 6.92 Å². The maximum Gasteiger partial charge on any atom is 1.00 e. The summed E-state index contributed by atoms with van der Waals surface area (Å²) in [5, 5.41) is 0. The van der Waals surface area contributed by atoms with Crippen LogP contribution in [0, 0.1) is 5.82 Å². The number of nitrogens with one attached hydrogen (secondary N) is 1. The molecule has 0 amide bonds. The molecule has 0 aliphatic heterocycles. The van der Waals surface area contributed by atoms with Crippen molar-refractivity contribution in [2.45, 2.75) is 23.1 Å². The first-order chi connectivity index (χ1) is 7.88. The molecule has 0 fully saturated rings. The molecule has 9 heteroatoms. The van der Waals surface area contributed by atoms with Gasteiger partial charge < -0.3 is 4.55 Å². The zero-order valence-electron chi connectivity index (χ0n) is 9.97. The molecule has 0 heterocycles. The van der Waals surface area contributed by atoms with Crippen LogP contribution in [0.15, 0.2) is 28.0 Å². The van der Waals surface area contributed by atoms with Gasteiger partial charge in [0, 0.05) is 11.4 Å². The Bertz CT molecular complexity index is 535. The molecule has 18 heavy (non-hydrogen) atoms. The summed E-state index contributed by atoms with van der Waals surface area (Å²) in [4.78, 5) is -0.850. The molecule has 0 radical (unpaired) electrons. The second kappa shape index (κ2) is 7.68. The fraction of sp³-hybridized carbons (Fsp3) is 0.333. The van der Waals surface area contributed by atoms with E-state index < -0.39 is 31.8 Å². The molecule has 0 aliphatic rings. The minimum atomic E-state index is -3.92. The molecule has 1 rings (SSSR count). The van der Waals surface area contributed by atoms with E-state index in [2.05, 4.69) is 4.72 Å². The second-order valence-electron chi connectivity index (χ2n) is 3.22. The van der Waals surface area contributed by atoms with Crippen LogP contribution in [0.3, 0.4) is 0 Å². The molecule has 0 saturated carbocycles. The quantitative estimate of drug-likeness (QED) is 0.492. The fourth-order valence-corrected chi connectivity index (χ4v) is 2.69. The van der Waals surface area contributed by atoms with Gasteiger partial charge in [0.1, 0.15) is 10.7 Å². The molecule has 1 atom stereocenters. The van der Waals surface area contributed by atoms with Crippen LogP contribution in [0.2, 0.25) is 0 Å². The Kier molecular flexibility index (Phi) is 7.76. The number of hydrogen-bond donors (Lipinski definition) is 1. The average molecular weight is 303 g/mol. The first-order valence-electron chi connectivity index (χ1n) is 4.77. The van der Waals surface area contributed by atoms with Gasteiger partial charge in [0.2, 0.25) is 10.0 Å². The largest absolute Gasteiger partial charge is 1.00 e. The van der Waals surface area contributed by atoms with Crippen LogP contribution in [-0.4, -0.2) is 23.7 Å². The number of hydrogen-bond acceptors (Lipinski definition) is 4. The van der Waals surface area contributed by atoms with Gasteiger partial charge in [0.25, 0.3) is 0 Å². The van der Waals surface area contributed by atoms with Crippen LogP contribution >= 0.6 is 0 Å². The molecular weight excluding hydrogens is 292 g/mol. The van der Waals surface area contributed by atoms with Crippen LogP contribution in [0.4, 0.5) is 4.39 Å². The first kappa shape index (κ1) is 18.2. The standard InChI is InChI=1S/C9H12FNO4S2.Na/c1-2-5-11-17(14,15)9-4-3-7(16(12)13)6-8(9)10;/h3-4,6,11H,2,5H2,1H3,(H,12,13);/q;+1/p-1. The second-order valence-corrected chi connectivity index (χ2v) is 5.90. The summed E-state index contributed by atoms with van der Waals surface area (Å²) in [6.07, 6.45) is 0.573. The molecule has 96 valence electrons. The topological polar surface area (TPSA) is 86.3 Å². The molecule has 0 aromatic heterocycles. The summed E-state index contributed by atoms with van der Waals surface area (Å²) < 4.78 is 59.9. The van der Waals surface area contributed by atoms with Crippen molar-refractivity contribution in [2.24, 2.45) is 0 Å². The van der Waals surface area contributed by atoms with Gasteiger partial charge in [0.15, 0.2) is 0 Å². The van der Waals surface area contributed by atoms with Gasteiger partial charge >= 0.3 is 29.6 Å². The summed E-state index contributed by atoms with van der Waals surface area (Å²) in [5.74, 6) is -1.09. The van der Waals surface area contributed by atoms with Crippen LogP contribution in [0.25, 0.3) is 0 Å². The average Bonchev–Trinajstić information content (AvgIpc) is 2.25. The van der Waals surface area contributed by atoms with E-state index in [0.29, 0.717) is 12.5 Å². The minimum Gasteiger partial charge on any atom is -0.768 e. The Morgan fingerprint density at radius 2 is 2.06 bits per heavy atom. The third-order valence-corrected chi connectivity index (χ3v) is 4.06. The number of sulfonamides is 1. The van der Waals surface area contributed by atoms with Crippen molar-refractivity contribution in [3.63, 3.8) is 0 Å². The van der Waals surface area contributed by atoms with Crippen molar-refractivity contribution >= 4 is 21.1 Å². The van der Waals surface area contributed by atoms with E-state index in [1.165, 1.54) is 0 Å². The van der Waals surface area contributed by atoms with Gasteiger partial charge in [-0.05, 0) is 35.7 Å². The van der Waals surface area contributed by atoms with Crippen LogP contribution in [-0.2, 0) is 21.1 Å². The Hall–Kier alpha value is 0.170. The third kappa shape index (κ3) is 4.69. The molecule has 0 bridgehead atoms. The van der Waals surface area contributed by atoms with E-state index in [1.807, 2.05) is 0 Å². The van der Waals surface area contributed by atoms with E-state index in [1.54, 1.807) is 6.92 Å². The third-order valence-electron chi connectivity index (χ3n) is 1.93. The van der Waals surface area contributed by atoms with Crippen molar-refractivity contribution in [1.82, 2.24) is 4.72 Å². The number of benzene rings is 1. The van der Waals surface area contributed by atoms with Crippen molar-refractivity contribution in [1.29, 1.82) is 0 Å². The van der Waals surface area contributed by atoms with Gasteiger partial charge in [-0.15, -0.1) is 0 Å². The predicted molar refractivity (Wildman–Crippen MR) is 59.1 cm³/mol. The zero-order chi connectivity index (χ0) is 13.1. The molecule has 5 nitrogen and oxygen atoms in total. The van der Waals surface area contributed by atoms with Crippen molar-refractivity contribution in [3.8, 4) is 0 Å². The monoisotopic (exact) mass is 303 g/mol. The smallest absolute Gasteiger partial charge is 0.768 e. The van der Waals surface area contributed by atoms with Crippen molar-refractivity contribution in [2.75, 3.05) is 6.54 Å². The normalized spacial score (nSPS) is 12.8. The van der Waals surface area contributed by atoms with Gasteiger partial charge in [0.05, 0.1) is 0 Å². The van der Waals surface area contributed by atoms with Gasteiger partial charge in [-0.2, -0.15) is 0 Å². The van der Waals surface area contributed by atoms with Crippen LogP contribution in [0.1, 0.15) is 13.3 Å². The van der Waals surface area contributed by atoms with Gasteiger partial charge in [-0.25, -0.2) is 17.5 Å². The molecule has 0 aliphatic carbocycles. The van der Waals surface area contributed by atoms with Crippen molar-refractivity contribution < 1.29 is 51.1 Å². The van der Waals surface area contributed by atoms with Crippen LogP contribution < -0.4 is 34.3 Å². The molecule has 1 unspecified atom stereocenters. The maximum atomic E-state index is 13.4. The zero-order valence-corrected chi connectivity index (χ0v) is 13.6. The summed E-state index contributed by atoms with van der Waals surface area (Å²) in [6.45, 7) is 1.96. The van der Waals surface area contributed by atoms with E-state index in [-0.39, 0.29) is 41.0 Å². The van der Waals surface area contributed by atoms with E-state index in [9.17, 15) is 21.6 Å². The minimum absolute atomic E-state index is 0. The van der Waals surface area contributed by atoms with Crippen molar-refractivity contribution in [3.05, 3.63) is 24.0 Å². The Morgan fingerprint density at radius 3 is 2.50 bits per heavy atom. The first-order valence-corrected chi connectivity index (χ1v) is 7.32. The molecule has 1 N–H and O–H groups in total. The molecule has 1 aromatic rings. The van der Waals surface area contributed by atoms with E-state index in [4.69, 9.17) is 0 Å². The molecule has 0 spiro atoms. The predicted octanol–water partition coefficient (Wildman–Crippen LogP) is -2.24. The SMILES string of the molecule is CCCNS(=O)(=O)c1ccc(S(=O)[O-])cc1F.[Na+].